The van der Waals surface area contributed by atoms with Crippen molar-refractivity contribution in [2.45, 2.75) is 77.2 Å². The quantitative estimate of drug-likeness (QED) is 0.244. The predicted molar refractivity (Wildman–Crippen MR) is 109 cm³/mol. The Kier molecular flexibility index (Phi) is 15.8. The first kappa shape index (κ1) is 24.8. The predicted octanol–water partition coefficient (Wildman–Crippen LogP) is 3.80. The molecule has 25 heavy (non-hydrogen) atoms. The Labute approximate surface area is 168 Å². The highest BCUT2D eigenvalue weighted by Gasteiger charge is 2.14. The average molecular weight is 388 g/mol. The first-order chi connectivity index (χ1) is 11.6. The summed E-state index contributed by atoms with van der Waals surface area (Å²) in [5.74, 6) is 0.834. The average Bonchev–Trinajstić information content (AvgIpc) is 2.56. The van der Waals surface area contributed by atoms with Gasteiger partial charge in [0.1, 0.15) is 6.54 Å². The third-order valence-electron chi connectivity index (χ3n) is 4.85. The van der Waals surface area contributed by atoms with Gasteiger partial charge in [-0.05, 0) is 19.3 Å². The minimum Gasteiger partial charge on any atom is -1.00 e. The number of quaternary nitrogens is 1. The zero-order chi connectivity index (χ0) is 17.5. The maximum Gasteiger partial charge on any atom is 0.104 e. The molecule has 0 aliphatic carbocycles. The highest BCUT2D eigenvalue weighted by Crippen LogP contribution is 2.14. The van der Waals surface area contributed by atoms with Gasteiger partial charge in [-0.1, -0.05) is 81.7 Å². The zero-order valence-electron chi connectivity index (χ0n) is 16.5. The van der Waals surface area contributed by atoms with Gasteiger partial charge in [0, 0.05) is 11.4 Å². The van der Waals surface area contributed by atoms with Crippen molar-refractivity contribution < 1.29 is 16.9 Å². The SMILES string of the molecule is C[N+](C)(CCCCCCCCCCCCCCl)Cc1ccccc1.[Cl-]. The summed E-state index contributed by atoms with van der Waals surface area (Å²) in [5, 5.41) is 0. The highest BCUT2D eigenvalue weighted by molar-refractivity contribution is 6.17. The molecule has 0 heterocycles. The van der Waals surface area contributed by atoms with Crippen LogP contribution in [-0.2, 0) is 6.54 Å². The fraction of sp³-hybridized carbons (Fsp3) is 0.727. The van der Waals surface area contributed by atoms with E-state index in [4.69, 9.17) is 11.6 Å². The molecule has 1 nitrogen and oxygen atoms in total. The molecule has 0 saturated carbocycles. The number of hydrogen-bond acceptors (Lipinski definition) is 0. The van der Waals surface area contributed by atoms with Crippen molar-refractivity contribution in [2.24, 2.45) is 0 Å². The lowest BCUT2D eigenvalue weighted by atomic mass is 10.1. The van der Waals surface area contributed by atoms with Crippen LogP contribution < -0.4 is 12.4 Å². The van der Waals surface area contributed by atoms with Crippen LogP contribution in [0.25, 0.3) is 0 Å². The van der Waals surface area contributed by atoms with Crippen LogP contribution in [0.1, 0.15) is 76.2 Å². The monoisotopic (exact) mass is 387 g/mol. The van der Waals surface area contributed by atoms with Crippen molar-refractivity contribution in [3.05, 3.63) is 35.9 Å². The summed E-state index contributed by atoms with van der Waals surface area (Å²) < 4.78 is 1.10. The lowest BCUT2D eigenvalue weighted by Crippen LogP contribution is -3.00. The maximum atomic E-state index is 5.69. The number of benzene rings is 1. The molecule has 1 aromatic carbocycles. The molecule has 0 aromatic heterocycles. The molecule has 0 aliphatic rings. The van der Waals surface area contributed by atoms with Crippen molar-refractivity contribution in [3.8, 4) is 0 Å². The fourth-order valence-corrected chi connectivity index (χ4v) is 3.57. The van der Waals surface area contributed by atoms with Crippen LogP contribution >= 0.6 is 11.6 Å². The van der Waals surface area contributed by atoms with Crippen LogP contribution in [0.5, 0.6) is 0 Å². The minimum absolute atomic E-state index is 0. The molecule has 3 heteroatoms. The van der Waals surface area contributed by atoms with E-state index in [0.717, 1.165) is 16.9 Å². The first-order valence-corrected chi connectivity index (χ1v) is 10.6. The Bertz CT molecular complexity index is 392. The molecule has 0 amide bonds. The maximum absolute atomic E-state index is 5.69. The van der Waals surface area contributed by atoms with Gasteiger partial charge in [-0.2, -0.15) is 0 Å². The standard InChI is InChI=1S/C22H39ClN.ClH/c1-24(2,21-22-17-13-12-14-18-22)20-16-11-9-7-5-3-4-6-8-10-15-19-23;/h12-14,17-18H,3-11,15-16,19-21H2,1-2H3;1H/q+1;/p-1. The largest absolute Gasteiger partial charge is 1.00 e. The Hall–Kier alpha value is -0.240. The number of halogens is 2. The van der Waals surface area contributed by atoms with Gasteiger partial charge in [-0.3, -0.25) is 0 Å². The molecule has 0 bridgehead atoms. The molecular formula is C22H39Cl2N. The molecule has 0 fully saturated rings. The molecule has 1 aromatic rings. The van der Waals surface area contributed by atoms with E-state index in [1.165, 1.54) is 82.7 Å². The summed E-state index contributed by atoms with van der Waals surface area (Å²) in [4.78, 5) is 0. The molecule has 0 saturated heterocycles. The van der Waals surface area contributed by atoms with E-state index in [2.05, 4.69) is 44.4 Å². The summed E-state index contributed by atoms with van der Waals surface area (Å²) in [5.41, 5.74) is 1.45. The van der Waals surface area contributed by atoms with Crippen molar-refractivity contribution in [3.63, 3.8) is 0 Å². The van der Waals surface area contributed by atoms with E-state index in [1.54, 1.807) is 0 Å². The smallest absolute Gasteiger partial charge is 0.104 e. The number of rotatable bonds is 15. The van der Waals surface area contributed by atoms with Gasteiger partial charge < -0.3 is 16.9 Å². The van der Waals surface area contributed by atoms with Gasteiger partial charge in [-0.25, -0.2) is 0 Å². The van der Waals surface area contributed by atoms with E-state index in [1.807, 2.05) is 0 Å². The summed E-state index contributed by atoms with van der Waals surface area (Å²) >= 11 is 5.69. The fourth-order valence-electron chi connectivity index (χ4n) is 3.38. The third kappa shape index (κ3) is 14.6. The Morgan fingerprint density at radius 1 is 0.680 bits per heavy atom. The number of hydrogen-bond donors (Lipinski definition) is 0. The van der Waals surface area contributed by atoms with E-state index >= 15 is 0 Å². The van der Waals surface area contributed by atoms with Crippen molar-refractivity contribution >= 4 is 11.6 Å². The van der Waals surface area contributed by atoms with Gasteiger partial charge in [0.25, 0.3) is 0 Å². The van der Waals surface area contributed by atoms with Gasteiger partial charge in [0.15, 0.2) is 0 Å². The molecular weight excluding hydrogens is 349 g/mol. The van der Waals surface area contributed by atoms with Crippen LogP contribution in [0.2, 0.25) is 0 Å². The highest BCUT2D eigenvalue weighted by atomic mass is 35.5. The molecule has 0 aliphatic heterocycles. The number of unbranched alkanes of at least 4 members (excludes halogenated alkanes) is 10. The molecule has 0 spiro atoms. The molecule has 0 radical (unpaired) electrons. The molecule has 0 unspecified atom stereocenters. The van der Waals surface area contributed by atoms with Gasteiger partial charge in [0.2, 0.25) is 0 Å². The molecule has 1 rings (SSSR count). The van der Waals surface area contributed by atoms with Crippen LogP contribution in [0.4, 0.5) is 0 Å². The van der Waals surface area contributed by atoms with E-state index < -0.39 is 0 Å². The second-order valence-electron chi connectivity index (χ2n) is 7.88. The Balaban J connectivity index is 0.00000576. The van der Waals surface area contributed by atoms with E-state index in [-0.39, 0.29) is 12.4 Å². The molecule has 0 atom stereocenters. The van der Waals surface area contributed by atoms with Gasteiger partial charge in [-0.15, -0.1) is 11.6 Å². The van der Waals surface area contributed by atoms with Crippen molar-refractivity contribution in [1.29, 1.82) is 0 Å². The van der Waals surface area contributed by atoms with Crippen molar-refractivity contribution in [2.75, 3.05) is 26.5 Å². The summed E-state index contributed by atoms with van der Waals surface area (Å²) in [6, 6.07) is 10.9. The van der Waals surface area contributed by atoms with E-state index in [9.17, 15) is 0 Å². The zero-order valence-corrected chi connectivity index (χ0v) is 18.0. The van der Waals surface area contributed by atoms with E-state index in [0.29, 0.717) is 0 Å². The topological polar surface area (TPSA) is 0 Å². The molecule has 0 N–H and O–H groups in total. The van der Waals surface area contributed by atoms with Crippen LogP contribution in [0.15, 0.2) is 30.3 Å². The minimum atomic E-state index is 0. The van der Waals surface area contributed by atoms with Gasteiger partial charge in [0.05, 0.1) is 20.6 Å². The summed E-state index contributed by atoms with van der Waals surface area (Å²) in [7, 11) is 4.72. The molecule has 146 valence electrons. The summed E-state index contributed by atoms with van der Waals surface area (Å²) in [6.07, 6.45) is 15.2. The normalized spacial score (nSPS) is 11.3. The van der Waals surface area contributed by atoms with Crippen LogP contribution in [0.3, 0.4) is 0 Å². The Morgan fingerprint density at radius 3 is 1.60 bits per heavy atom. The van der Waals surface area contributed by atoms with Gasteiger partial charge >= 0.3 is 0 Å². The summed E-state index contributed by atoms with van der Waals surface area (Å²) in [6.45, 7) is 2.43. The van der Waals surface area contributed by atoms with Crippen molar-refractivity contribution in [1.82, 2.24) is 0 Å². The van der Waals surface area contributed by atoms with Crippen LogP contribution in [-0.4, -0.2) is 31.0 Å². The number of nitrogens with zero attached hydrogens (tertiary/aromatic N) is 1. The lowest BCUT2D eigenvalue weighted by molar-refractivity contribution is -0.903. The second kappa shape index (κ2) is 16.0. The third-order valence-corrected chi connectivity index (χ3v) is 5.12. The Morgan fingerprint density at radius 2 is 1.12 bits per heavy atom. The number of alkyl halides is 1. The van der Waals surface area contributed by atoms with Crippen LogP contribution in [0, 0.1) is 0 Å². The lowest BCUT2D eigenvalue weighted by Gasteiger charge is -2.30. The first-order valence-electron chi connectivity index (χ1n) is 10.1. The second-order valence-corrected chi connectivity index (χ2v) is 8.26.